The molecule has 21 heavy (non-hydrogen) atoms. The highest BCUT2D eigenvalue weighted by Gasteiger charge is 2.33. The number of ether oxygens (including phenoxy) is 1. The molecule has 0 aromatic heterocycles. The van der Waals surface area contributed by atoms with Gasteiger partial charge in [-0.3, -0.25) is 5.32 Å². The molecule has 2 rings (SSSR count). The molecule has 1 heterocycles. The number of rotatable bonds is 7. The van der Waals surface area contributed by atoms with E-state index in [1.54, 1.807) is 0 Å². The van der Waals surface area contributed by atoms with E-state index in [-0.39, 0.29) is 6.04 Å². The maximum atomic E-state index is 9.81. The first-order chi connectivity index (χ1) is 10.2. The quantitative estimate of drug-likeness (QED) is 0.839. The van der Waals surface area contributed by atoms with Crippen molar-refractivity contribution >= 4 is 11.8 Å². The van der Waals surface area contributed by atoms with Gasteiger partial charge in [-0.25, -0.2) is 0 Å². The van der Waals surface area contributed by atoms with Crippen LogP contribution in [0.2, 0.25) is 0 Å². The van der Waals surface area contributed by atoms with Crippen LogP contribution in [0.15, 0.2) is 30.3 Å². The van der Waals surface area contributed by atoms with Crippen LogP contribution in [0.1, 0.15) is 32.3 Å². The predicted molar refractivity (Wildman–Crippen MR) is 88.3 cm³/mol. The summed E-state index contributed by atoms with van der Waals surface area (Å²) in [5.41, 5.74) is 0.416. The summed E-state index contributed by atoms with van der Waals surface area (Å²) < 4.78 is 5.66. The number of benzene rings is 1. The molecule has 0 radical (unpaired) electrons. The van der Waals surface area contributed by atoms with Crippen LogP contribution in [-0.2, 0) is 10.3 Å². The van der Waals surface area contributed by atoms with Crippen LogP contribution in [-0.4, -0.2) is 30.3 Å². The zero-order chi connectivity index (χ0) is 15.1. The minimum atomic E-state index is -0.626. The van der Waals surface area contributed by atoms with Gasteiger partial charge in [0.25, 0.3) is 0 Å². The summed E-state index contributed by atoms with van der Waals surface area (Å²) in [6.07, 6.45) is 2.67. The molecule has 1 aliphatic heterocycles. The number of hydrogen-bond donors (Lipinski definition) is 1. The van der Waals surface area contributed by atoms with Gasteiger partial charge in [0.2, 0.25) is 0 Å². The number of nitrogens with zero attached hydrogens (tertiary/aromatic N) is 1. The van der Waals surface area contributed by atoms with Gasteiger partial charge in [-0.05, 0) is 32.3 Å². The summed E-state index contributed by atoms with van der Waals surface area (Å²) in [5, 5.41) is 13.3. The van der Waals surface area contributed by atoms with Gasteiger partial charge >= 0.3 is 0 Å². The van der Waals surface area contributed by atoms with Crippen molar-refractivity contribution in [2.24, 2.45) is 0 Å². The van der Waals surface area contributed by atoms with Crippen LogP contribution in [0.3, 0.4) is 0 Å². The van der Waals surface area contributed by atoms with Crippen molar-refractivity contribution in [3.8, 4) is 6.07 Å². The summed E-state index contributed by atoms with van der Waals surface area (Å²) >= 11 is 1.81. The second kappa shape index (κ2) is 7.84. The Hall–Kier alpha value is -1.02. The normalized spacial score (nSPS) is 21.1. The topological polar surface area (TPSA) is 45.0 Å². The zero-order valence-corrected chi connectivity index (χ0v) is 13.7. The monoisotopic (exact) mass is 304 g/mol. The molecule has 0 saturated carbocycles. The second-order valence-corrected chi connectivity index (χ2v) is 6.86. The van der Waals surface area contributed by atoms with E-state index in [9.17, 15) is 5.26 Å². The molecule has 4 heteroatoms. The largest absolute Gasteiger partial charge is 0.377 e. The Labute approximate surface area is 132 Å². The van der Waals surface area contributed by atoms with Crippen LogP contribution in [0, 0.1) is 11.3 Å². The van der Waals surface area contributed by atoms with Crippen molar-refractivity contribution in [2.45, 2.75) is 44.4 Å². The first-order valence-electron chi connectivity index (χ1n) is 7.60. The number of nitrogens with one attached hydrogen (secondary N) is 1. The average Bonchev–Trinajstić information content (AvgIpc) is 3.00. The summed E-state index contributed by atoms with van der Waals surface area (Å²) in [4.78, 5) is 0. The molecule has 2 atom stereocenters. The van der Waals surface area contributed by atoms with Gasteiger partial charge in [0.1, 0.15) is 5.54 Å². The molecule has 114 valence electrons. The highest BCUT2D eigenvalue weighted by molar-refractivity contribution is 7.99. The van der Waals surface area contributed by atoms with Crippen molar-refractivity contribution in [3.63, 3.8) is 0 Å². The van der Waals surface area contributed by atoms with Crippen LogP contribution in [0.4, 0.5) is 0 Å². The molecule has 1 aromatic carbocycles. The van der Waals surface area contributed by atoms with Gasteiger partial charge in [0.05, 0.1) is 12.2 Å². The van der Waals surface area contributed by atoms with E-state index in [0.29, 0.717) is 6.10 Å². The van der Waals surface area contributed by atoms with Gasteiger partial charge < -0.3 is 4.74 Å². The lowest BCUT2D eigenvalue weighted by Gasteiger charge is -2.30. The van der Waals surface area contributed by atoms with Crippen LogP contribution in [0.25, 0.3) is 0 Å². The van der Waals surface area contributed by atoms with Crippen molar-refractivity contribution in [2.75, 3.05) is 18.1 Å². The third-order valence-electron chi connectivity index (χ3n) is 3.64. The fraction of sp³-hybridized carbons (Fsp3) is 0.588. The smallest absolute Gasteiger partial charge is 0.141 e. The van der Waals surface area contributed by atoms with Crippen LogP contribution < -0.4 is 5.32 Å². The summed E-state index contributed by atoms with van der Waals surface area (Å²) in [6, 6.07) is 12.8. The zero-order valence-electron chi connectivity index (χ0n) is 12.8. The van der Waals surface area contributed by atoms with Gasteiger partial charge in [0, 0.05) is 24.2 Å². The van der Waals surface area contributed by atoms with Gasteiger partial charge in [-0.1, -0.05) is 30.3 Å². The highest BCUT2D eigenvalue weighted by Crippen LogP contribution is 2.28. The molecule has 3 nitrogen and oxygen atoms in total. The van der Waals surface area contributed by atoms with Gasteiger partial charge in [-0.15, -0.1) is 0 Å². The Bertz CT molecular complexity index is 465. The van der Waals surface area contributed by atoms with Crippen molar-refractivity contribution in [1.29, 1.82) is 5.26 Å². The first kappa shape index (κ1) is 16.4. The maximum Gasteiger partial charge on any atom is 0.141 e. The third-order valence-corrected chi connectivity index (χ3v) is 4.88. The fourth-order valence-electron chi connectivity index (χ4n) is 2.67. The summed E-state index contributed by atoms with van der Waals surface area (Å²) in [7, 11) is 0. The lowest BCUT2D eigenvalue weighted by molar-refractivity contribution is 0.129. The predicted octanol–water partition coefficient (Wildman–Crippen LogP) is 3.32. The number of thioether (sulfide) groups is 1. The first-order valence-corrected chi connectivity index (χ1v) is 8.75. The minimum absolute atomic E-state index is 0.258. The van der Waals surface area contributed by atoms with Crippen LogP contribution in [0.5, 0.6) is 0 Å². The molecule has 1 saturated heterocycles. The van der Waals surface area contributed by atoms with E-state index in [2.05, 4.69) is 25.2 Å². The second-order valence-electron chi connectivity index (χ2n) is 5.83. The molecular formula is C17H24N2OS. The van der Waals surface area contributed by atoms with E-state index >= 15 is 0 Å². The van der Waals surface area contributed by atoms with Crippen molar-refractivity contribution in [3.05, 3.63) is 35.9 Å². The Morgan fingerprint density at radius 3 is 2.76 bits per heavy atom. The van der Waals surface area contributed by atoms with E-state index in [0.717, 1.165) is 36.5 Å². The number of nitriles is 1. The summed E-state index contributed by atoms with van der Waals surface area (Å²) in [5.74, 6) is 1.71. The van der Waals surface area contributed by atoms with E-state index < -0.39 is 5.54 Å². The molecule has 0 bridgehead atoms. The Morgan fingerprint density at radius 1 is 1.43 bits per heavy atom. The average molecular weight is 304 g/mol. The maximum absolute atomic E-state index is 9.81. The third kappa shape index (κ3) is 4.47. The van der Waals surface area contributed by atoms with Crippen LogP contribution >= 0.6 is 11.8 Å². The lowest BCUT2D eigenvalue weighted by Crippen LogP contribution is -2.47. The fourth-order valence-corrected chi connectivity index (χ4v) is 3.94. The molecule has 1 fully saturated rings. The summed E-state index contributed by atoms with van der Waals surface area (Å²) in [6.45, 7) is 5.05. The highest BCUT2D eigenvalue weighted by atomic mass is 32.2. The molecule has 0 spiro atoms. The molecule has 2 unspecified atom stereocenters. The van der Waals surface area contributed by atoms with Crippen molar-refractivity contribution < 1.29 is 4.74 Å². The Balaban J connectivity index is 2.06. The van der Waals surface area contributed by atoms with Gasteiger partial charge in [-0.2, -0.15) is 17.0 Å². The standard InChI is InChI=1S/C17H24N2OS/c1-14(2)19-17(12-18,15-7-4-3-5-8-15)13-21-11-16-9-6-10-20-16/h3-5,7-8,14,16,19H,6,9-11,13H2,1-2H3. The Kier molecular flexibility index (Phi) is 6.10. The SMILES string of the molecule is CC(C)NC(C#N)(CSCC1CCCO1)c1ccccc1. The molecular weight excluding hydrogens is 280 g/mol. The molecule has 1 aliphatic rings. The number of hydrogen-bond acceptors (Lipinski definition) is 4. The van der Waals surface area contributed by atoms with Crippen molar-refractivity contribution in [1.82, 2.24) is 5.32 Å². The molecule has 1 N–H and O–H groups in total. The molecule has 0 aliphatic carbocycles. The van der Waals surface area contributed by atoms with E-state index in [1.807, 2.05) is 42.1 Å². The van der Waals surface area contributed by atoms with E-state index in [1.165, 1.54) is 0 Å². The van der Waals surface area contributed by atoms with Gasteiger partial charge in [0.15, 0.2) is 0 Å². The lowest BCUT2D eigenvalue weighted by atomic mass is 9.92. The molecule has 0 amide bonds. The van der Waals surface area contributed by atoms with E-state index in [4.69, 9.17) is 4.74 Å². The Morgan fingerprint density at radius 2 is 2.19 bits per heavy atom. The molecule has 1 aromatic rings. The minimum Gasteiger partial charge on any atom is -0.377 e.